The Morgan fingerprint density at radius 1 is 1.00 bits per heavy atom. The van der Waals surface area contributed by atoms with E-state index in [0.717, 1.165) is 5.56 Å². The number of carbonyl (C=O) groups excluding carboxylic acids is 2. The predicted molar refractivity (Wildman–Crippen MR) is 99.4 cm³/mol. The van der Waals surface area contributed by atoms with E-state index in [2.05, 4.69) is 5.32 Å². The second-order valence-electron chi connectivity index (χ2n) is 5.68. The standard InChI is InChI=1S/C20H23NO6/c1-13(14-7-5-8-15(11-14)24-2)21-18(22)12-27-20(23)16-9-6-10-17(25-3)19(16)26-4/h5-11,13H,12H2,1-4H3,(H,21,22)/t13-/m1/s1. The van der Waals surface area contributed by atoms with Crippen LogP contribution < -0.4 is 19.5 Å². The van der Waals surface area contributed by atoms with Crippen molar-refractivity contribution in [2.24, 2.45) is 0 Å². The molecule has 2 rings (SSSR count). The van der Waals surface area contributed by atoms with Crippen LogP contribution in [0.15, 0.2) is 42.5 Å². The summed E-state index contributed by atoms with van der Waals surface area (Å²) in [6, 6.07) is 11.9. The molecule has 1 atom stereocenters. The largest absolute Gasteiger partial charge is 0.497 e. The Morgan fingerprint density at radius 2 is 1.74 bits per heavy atom. The van der Waals surface area contributed by atoms with Crippen LogP contribution in [0.25, 0.3) is 0 Å². The average molecular weight is 373 g/mol. The Bertz CT molecular complexity index is 805. The Labute approximate surface area is 158 Å². The number of carbonyl (C=O) groups is 2. The molecule has 0 bridgehead atoms. The fourth-order valence-corrected chi connectivity index (χ4v) is 2.53. The molecule has 2 aromatic rings. The summed E-state index contributed by atoms with van der Waals surface area (Å²) in [6.07, 6.45) is 0. The molecule has 27 heavy (non-hydrogen) atoms. The third kappa shape index (κ3) is 5.13. The van der Waals surface area contributed by atoms with Crippen molar-refractivity contribution in [1.82, 2.24) is 5.32 Å². The highest BCUT2D eigenvalue weighted by atomic mass is 16.5. The number of methoxy groups -OCH3 is 3. The van der Waals surface area contributed by atoms with Crippen molar-refractivity contribution in [2.75, 3.05) is 27.9 Å². The predicted octanol–water partition coefficient (Wildman–Crippen LogP) is 2.75. The molecule has 0 aliphatic rings. The van der Waals surface area contributed by atoms with Gasteiger partial charge in [-0.25, -0.2) is 4.79 Å². The van der Waals surface area contributed by atoms with Gasteiger partial charge in [0.05, 0.1) is 27.4 Å². The molecule has 1 N–H and O–H groups in total. The zero-order chi connectivity index (χ0) is 19.8. The van der Waals surface area contributed by atoms with Crippen molar-refractivity contribution in [2.45, 2.75) is 13.0 Å². The van der Waals surface area contributed by atoms with Crippen LogP contribution in [0.1, 0.15) is 28.9 Å². The minimum atomic E-state index is -0.671. The summed E-state index contributed by atoms with van der Waals surface area (Å²) in [5, 5.41) is 2.78. The highest BCUT2D eigenvalue weighted by Crippen LogP contribution is 2.31. The van der Waals surface area contributed by atoms with E-state index in [0.29, 0.717) is 11.5 Å². The first-order valence-electron chi connectivity index (χ1n) is 8.31. The number of esters is 1. The van der Waals surface area contributed by atoms with Gasteiger partial charge in [-0.15, -0.1) is 0 Å². The van der Waals surface area contributed by atoms with E-state index in [4.69, 9.17) is 18.9 Å². The Hall–Kier alpha value is -3.22. The van der Waals surface area contributed by atoms with Crippen LogP contribution in [0, 0.1) is 0 Å². The highest BCUT2D eigenvalue weighted by molar-refractivity contribution is 5.95. The number of ether oxygens (including phenoxy) is 4. The molecule has 7 nitrogen and oxygen atoms in total. The third-order valence-corrected chi connectivity index (χ3v) is 3.93. The summed E-state index contributed by atoms with van der Waals surface area (Å²) in [7, 11) is 4.48. The van der Waals surface area contributed by atoms with Gasteiger partial charge in [-0.3, -0.25) is 4.79 Å². The summed E-state index contributed by atoms with van der Waals surface area (Å²) in [5.41, 5.74) is 1.06. The maximum atomic E-state index is 12.3. The molecule has 0 radical (unpaired) electrons. The first-order chi connectivity index (χ1) is 13.0. The van der Waals surface area contributed by atoms with Gasteiger partial charge in [0.25, 0.3) is 5.91 Å². The fraction of sp³-hybridized carbons (Fsp3) is 0.300. The normalized spacial score (nSPS) is 11.3. The first-order valence-corrected chi connectivity index (χ1v) is 8.31. The minimum absolute atomic E-state index is 0.186. The number of benzene rings is 2. The summed E-state index contributed by atoms with van der Waals surface area (Å²) in [4.78, 5) is 24.4. The molecule has 7 heteroatoms. The van der Waals surface area contributed by atoms with Crippen molar-refractivity contribution >= 4 is 11.9 Å². The van der Waals surface area contributed by atoms with Gasteiger partial charge in [0.2, 0.25) is 0 Å². The quantitative estimate of drug-likeness (QED) is 0.717. The monoisotopic (exact) mass is 373 g/mol. The maximum Gasteiger partial charge on any atom is 0.342 e. The minimum Gasteiger partial charge on any atom is -0.497 e. The lowest BCUT2D eigenvalue weighted by molar-refractivity contribution is -0.124. The average Bonchev–Trinajstić information content (AvgIpc) is 2.71. The molecule has 0 spiro atoms. The smallest absolute Gasteiger partial charge is 0.342 e. The highest BCUT2D eigenvalue weighted by Gasteiger charge is 2.19. The van der Waals surface area contributed by atoms with Crippen LogP contribution in [0.4, 0.5) is 0 Å². The van der Waals surface area contributed by atoms with Crippen LogP contribution in [0.5, 0.6) is 17.2 Å². The Morgan fingerprint density at radius 3 is 2.41 bits per heavy atom. The second kappa shape index (κ2) is 9.47. The Balaban J connectivity index is 1.96. The number of nitrogens with one attached hydrogen (secondary N) is 1. The molecule has 2 aromatic carbocycles. The molecule has 0 aliphatic heterocycles. The lowest BCUT2D eigenvalue weighted by Crippen LogP contribution is -2.31. The first kappa shape index (κ1) is 20.1. The number of para-hydroxylation sites is 1. The third-order valence-electron chi connectivity index (χ3n) is 3.93. The van der Waals surface area contributed by atoms with Crippen LogP contribution in [-0.2, 0) is 9.53 Å². The summed E-state index contributed by atoms with van der Waals surface area (Å²) < 4.78 is 20.6. The molecule has 0 aromatic heterocycles. The van der Waals surface area contributed by atoms with Crippen molar-refractivity contribution in [3.8, 4) is 17.2 Å². The van der Waals surface area contributed by atoms with Crippen molar-refractivity contribution in [1.29, 1.82) is 0 Å². The molecule has 144 valence electrons. The second-order valence-corrected chi connectivity index (χ2v) is 5.68. The van der Waals surface area contributed by atoms with Crippen LogP contribution >= 0.6 is 0 Å². The van der Waals surface area contributed by atoms with E-state index in [1.54, 1.807) is 25.3 Å². The van der Waals surface area contributed by atoms with Crippen LogP contribution in [-0.4, -0.2) is 39.8 Å². The zero-order valence-electron chi connectivity index (χ0n) is 15.8. The van der Waals surface area contributed by atoms with Gasteiger partial charge in [0, 0.05) is 0 Å². The lowest BCUT2D eigenvalue weighted by atomic mass is 10.1. The van der Waals surface area contributed by atoms with Gasteiger partial charge in [0.15, 0.2) is 18.1 Å². The lowest BCUT2D eigenvalue weighted by Gasteiger charge is -2.16. The van der Waals surface area contributed by atoms with E-state index in [9.17, 15) is 9.59 Å². The fourth-order valence-electron chi connectivity index (χ4n) is 2.53. The molecule has 0 unspecified atom stereocenters. The zero-order valence-corrected chi connectivity index (χ0v) is 15.8. The number of hydrogen-bond donors (Lipinski definition) is 1. The van der Waals surface area contributed by atoms with E-state index in [-0.39, 0.29) is 17.4 Å². The molecule has 0 saturated heterocycles. The van der Waals surface area contributed by atoms with Gasteiger partial charge in [0.1, 0.15) is 11.3 Å². The summed E-state index contributed by atoms with van der Waals surface area (Å²) in [5.74, 6) is 0.277. The van der Waals surface area contributed by atoms with E-state index in [1.165, 1.54) is 14.2 Å². The Kier molecular flexibility index (Phi) is 7.05. The molecule has 0 fully saturated rings. The van der Waals surface area contributed by atoms with Gasteiger partial charge in [-0.1, -0.05) is 18.2 Å². The molecule has 1 amide bonds. The number of hydrogen-bond acceptors (Lipinski definition) is 6. The molecular weight excluding hydrogens is 350 g/mol. The molecule has 0 saturated carbocycles. The summed E-state index contributed by atoms with van der Waals surface area (Å²) in [6.45, 7) is 1.42. The van der Waals surface area contributed by atoms with E-state index in [1.807, 2.05) is 31.2 Å². The van der Waals surface area contributed by atoms with Gasteiger partial charge in [-0.05, 0) is 36.8 Å². The molecule has 0 heterocycles. The molecular formula is C20H23NO6. The van der Waals surface area contributed by atoms with Gasteiger partial charge in [-0.2, -0.15) is 0 Å². The topological polar surface area (TPSA) is 83.1 Å². The molecule has 0 aliphatic carbocycles. The SMILES string of the molecule is COc1cccc([C@@H](C)NC(=O)COC(=O)c2cccc(OC)c2OC)c1. The van der Waals surface area contributed by atoms with Crippen molar-refractivity contribution in [3.05, 3.63) is 53.6 Å². The van der Waals surface area contributed by atoms with E-state index < -0.39 is 18.5 Å². The van der Waals surface area contributed by atoms with Crippen molar-refractivity contribution < 1.29 is 28.5 Å². The van der Waals surface area contributed by atoms with Crippen molar-refractivity contribution in [3.63, 3.8) is 0 Å². The number of amides is 1. The van der Waals surface area contributed by atoms with Crippen LogP contribution in [0.2, 0.25) is 0 Å². The summed E-state index contributed by atoms with van der Waals surface area (Å²) >= 11 is 0. The van der Waals surface area contributed by atoms with Gasteiger partial charge >= 0.3 is 5.97 Å². The maximum absolute atomic E-state index is 12.3. The van der Waals surface area contributed by atoms with Crippen LogP contribution in [0.3, 0.4) is 0 Å². The van der Waals surface area contributed by atoms with E-state index >= 15 is 0 Å². The number of rotatable bonds is 8. The van der Waals surface area contributed by atoms with Gasteiger partial charge < -0.3 is 24.3 Å².